The van der Waals surface area contributed by atoms with Crippen molar-refractivity contribution in [2.24, 2.45) is 15.7 Å². The molecule has 10 nitrogen and oxygen atoms in total. The van der Waals surface area contributed by atoms with E-state index in [1.165, 1.54) is 7.11 Å². The van der Waals surface area contributed by atoms with Crippen LogP contribution in [0.3, 0.4) is 0 Å². The van der Waals surface area contributed by atoms with Crippen LogP contribution in [0.25, 0.3) is 0 Å². The number of halogens is 3. The number of aliphatic imine (C=N–C) groups is 2. The number of rotatable bonds is 7. The van der Waals surface area contributed by atoms with Gasteiger partial charge in [-0.05, 0) is 19.9 Å². The average molecular weight is 574 g/mol. The number of amides is 1. The van der Waals surface area contributed by atoms with Gasteiger partial charge in [0, 0.05) is 18.2 Å². The predicted octanol–water partition coefficient (Wildman–Crippen LogP) is 4.47. The number of methoxy groups -OCH3 is 1. The molecule has 0 spiro atoms. The first-order valence-corrected chi connectivity index (χ1v) is 12.7. The van der Waals surface area contributed by atoms with Gasteiger partial charge in [-0.3, -0.25) is 10.2 Å². The second-order valence-corrected chi connectivity index (χ2v) is 10.3. The van der Waals surface area contributed by atoms with E-state index in [-0.39, 0.29) is 11.6 Å². The Kier molecular flexibility index (Phi) is 8.21. The molecule has 0 saturated heterocycles. The van der Waals surface area contributed by atoms with Crippen LogP contribution in [0.4, 0.5) is 23.9 Å². The van der Waals surface area contributed by atoms with Crippen LogP contribution in [-0.2, 0) is 20.4 Å². The lowest BCUT2D eigenvalue weighted by molar-refractivity contribution is -0.137. The van der Waals surface area contributed by atoms with Gasteiger partial charge in [0.15, 0.2) is 5.69 Å². The van der Waals surface area contributed by atoms with Crippen molar-refractivity contribution in [1.82, 2.24) is 4.98 Å². The summed E-state index contributed by atoms with van der Waals surface area (Å²) in [5, 5.41) is 12.7. The number of hydrogen-bond acceptors (Lipinski definition) is 9. The summed E-state index contributed by atoms with van der Waals surface area (Å²) in [7, 11) is 1.45. The first kappa shape index (κ1) is 28.7. The van der Waals surface area contributed by atoms with Crippen molar-refractivity contribution in [1.29, 1.82) is 5.41 Å². The van der Waals surface area contributed by atoms with E-state index in [4.69, 9.17) is 20.6 Å². The molecular weight excluding hydrogens is 547 g/mol. The summed E-state index contributed by atoms with van der Waals surface area (Å²) in [6.45, 7) is 3.57. The van der Waals surface area contributed by atoms with Crippen molar-refractivity contribution in [2.45, 2.75) is 31.7 Å². The molecular formula is C26H26F3N7O3S. The number of thiazole rings is 1. The minimum atomic E-state index is -4.75. The normalized spacial score (nSPS) is 15.9. The van der Waals surface area contributed by atoms with Crippen LogP contribution in [0.2, 0.25) is 0 Å². The third-order valence-corrected chi connectivity index (χ3v) is 6.49. The molecule has 210 valence electrons. The van der Waals surface area contributed by atoms with E-state index in [9.17, 15) is 18.0 Å². The zero-order valence-electron chi connectivity index (χ0n) is 21.7. The van der Waals surface area contributed by atoms with Crippen molar-refractivity contribution in [3.63, 3.8) is 0 Å². The fourth-order valence-electron chi connectivity index (χ4n) is 3.84. The van der Waals surface area contributed by atoms with Gasteiger partial charge in [0.1, 0.15) is 5.00 Å². The summed E-state index contributed by atoms with van der Waals surface area (Å²) in [4.78, 5) is 25.1. The Hall–Kier alpha value is -4.30. The van der Waals surface area contributed by atoms with Crippen LogP contribution in [0.1, 0.15) is 35.7 Å². The molecule has 1 aromatic heterocycles. The summed E-state index contributed by atoms with van der Waals surface area (Å²) >= 11 is 0.314. The number of anilines is 2. The highest BCUT2D eigenvalue weighted by Gasteiger charge is 2.38. The Morgan fingerprint density at radius 3 is 2.52 bits per heavy atom. The third kappa shape index (κ3) is 6.63. The van der Waals surface area contributed by atoms with E-state index in [0.717, 1.165) is 5.56 Å². The quantitative estimate of drug-likeness (QED) is 0.242. The van der Waals surface area contributed by atoms with Crippen molar-refractivity contribution in [3.8, 4) is 0 Å². The smallest absolute Gasteiger partial charge is 0.405 e. The van der Waals surface area contributed by atoms with E-state index >= 15 is 0 Å². The molecule has 0 saturated carbocycles. The van der Waals surface area contributed by atoms with Gasteiger partial charge in [-0.25, -0.2) is 9.98 Å². The molecule has 0 radical (unpaired) electrons. The van der Waals surface area contributed by atoms with E-state index < -0.39 is 46.4 Å². The largest absolute Gasteiger partial charge is 0.443 e. The number of para-hydroxylation sites is 1. The first-order valence-electron chi connectivity index (χ1n) is 11.9. The lowest BCUT2D eigenvalue weighted by atomic mass is 10.0. The van der Waals surface area contributed by atoms with Gasteiger partial charge in [-0.15, -0.1) is 0 Å². The summed E-state index contributed by atoms with van der Waals surface area (Å²) in [5.41, 5.74) is 7.04. The SMILES string of the molecule is COCC(C)(C)Nc1sc(C(F)(F)F)nc1C(=N)OC(N)=NC1N=C(c2ccccc2)c2ccccc2NC1=O. The summed E-state index contributed by atoms with van der Waals surface area (Å²) in [6, 6.07) is 15.5. The number of nitrogens with zero attached hydrogens (tertiary/aromatic N) is 3. The van der Waals surface area contributed by atoms with Crippen LogP contribution in [0.5, 0.6) is 0 Å². The van der Waals surface area contributed by atoms with Crippen molar-refractivity contribution < 1.29 is 27.4 Å². The second-order valence-electron chi connectivity index (χ2n) is 9.29. The number of hydrogen-bond donors (Lipinski definition) is 4. The third-order valence-electron chi connectivity index (χ3n) is 5.47. The minimum Gasteiger partial charge on any atom is -0.405 e. The molecule has 4 rings (SSSR count). The molecule has 2 aromatic carbocycles. The lowest BCUT2D eigenvalue weighted by Gasteiger charge is -2.26. The zero-order chi connectivity index (χ0) is 29.1. The Morgan fingerprint density at radius 1 is 1.18 bits per heavy atom. The topological polar surface area (TPSA) is 147 Å². The molecule has 2 heterocycles. The maximum Gasteiger partial charge on any atom is 0.443 e. The minimum absolute atomic E-state index is 0.0702. The molecule has 1 atom stereocenters. The molecule has 14 heteroatoms. The van der Waals surface area contributed by atoms with E-state index in [1.54, 1.807) is 38.1 Å². The number of carbonyl (C=O) groups excluding carboxylic acids is 1. The van der Waals surface area contributed by atoms with Crippen molar-refractivity contribution in [2.75, 3.05) is 24.4 Å². The summed E-state index contributed by atoms with van der Waals surface area (Å²) in [6.07, 6.45) is -6.16. The number of nitrogens with one attached hydrogen (secondary N) is 3. The molecule has 1 aliphatic heterocycles. The number of amidine groups is 1. The Morgan fingerprint density at radius 2 is 1.85 bits per heavy atom. The Balaban J connectivity index is 1.65. The number of carbonyl (C=O) groups is 1. The van der Waals surface area contributed by atoms with Crippen LogP contribution >= 0.6 is 11.3 Å². The van der Waals surface area contributed by atoms with Gasteiger partial charge in [-0.2, -0.15) is 18.2 Å². The van der Waals surface area contributed by atoms with Crippen LogP contribution in [-0.4, -0.2) is 53.9 Å². The second kappa shape index (κ2) is 11.4. The van der Waals surface area contributed by atoms with Gasteiger partial charge in [0.05, 0.1) is 23.5 Å². The first-order chi connectivity index (χ1) is 18.9. The number of benzene rings is 2. The molecule has 3 aromatic rings. The van der Waals surface area contributed by atoms with Gasteiger partial charge in [0.2, 0.25) is 17.1 Å². The van der Waals surface area contributed by atoms with E-state index in [1.807, 2.05) is 30.3 Å². The molecule has 1 unspecified atom stereocenters. The monoisotopic (exact) mass is 573 g/mol. The molecule has 5 N–H and O–H groups in total. The Bertz CT molecular complexity index is 1470. The van der Waals surface area contributed by atoms with Gasteiger partial charge in [0.25, 0.3) is 11.9 Å². The Labute approximate surface area is 231 Å². The lowest BCUT2D eigenvalue weighted by Crippen LogP contribution is -2.36. The average Bonchev–Trinajstić information content (AvgIpc) is 3.25. The number of alkyl halides is 3. The number of aromatic nitrogens is 1. The van der Waals surface area contributed by atoms with E-state index in [2.05, 4.69) is 25.6 Å². The van der Waals surface area contributed by atoms with E-state index in [0.29, 0.717) is 28.3 Å². The molecule has 1 aliphatic rings. The van der Waals surface area contributed by atoms with Crippen LogP contribution in [0.15, 0.2) is 64.6 Å². The zero-order valence-corrected chi connectivity index (χ0v) is 22.5. The number of nitrogens with two attached hydrogens (primary N) is 1. The van der Waals surface area contributed by atoms with Crippen molar-refractivity contribution >= 4 is 45.6 Å². The maximum absolute atomic E-state index is 13.4. The van der Waals surface area contributed by atoms with Crippen LogP contribution in [0, 0.1) is 5.41 Å². The standard InChI is InChI=1S/C26H26F3N7O3S/c1-25(2,13-38-3)36-22-18(34-23(40-22)26(27,28)29)19(30)39-24(31)35-20-21(37)32-16-12-8-7-11-15(16)17(33-20)14-9-5-4-6-10-14/h4-12,20,30,36H,13H2,1-3H3,(H2,31,35)(H,32,37). The fraction of sp³-hybridized carbons (Fsp3) is 0.269. The molecule has 0 aliphatic carbocycles. The highest BCUT2D eigenvalue weighted by molar-refractivity contribution is 7.16. The molecule has 0 bridgehead atoms. The fourth-order valence-corrected chi connectivity index (χ4v) is 4.85. The summed E-state index contributed by atoms with van der Waals surface area (Å²) < 4.78 is 50.7. The van der Waals surface area contributed by atoms with Gasteiger partial charge in [-0.1, -0.05) is 59.9 Å². The maximum atomic E-state index is 13.4. The number of benzodiazepines with no additional fused rings is 1. The molecule has 0 fully saturated rings. The number of fused-ring (bicyclic) bond motifs is 1. The van der Waals surface area contributed by atoms with Crippen LogP contribution < -0.4 is 16.4 Å². The van der Waals surface area contributed by atoms with Crippen molar-refractivity contribution in [3.05, 3.63) is 76.4 Å². The van der Waals surface area contributed by atoms with Gasteiger partial charge >= 0.3 is 6.18 Å². The number of ether oxygens (including phenoxy) is 2. The predicted molar refractivity (Wildman–Crippen MR) is 147 cm³/mol. The summed E-state index contributed by atoms with van der Waals surface area (Å²) in [5.74, 6) is -1.42. The molecule has 40 heavy (non-hydrogen) atoms. The highest BCUT2D eigenvalue weighted by atomic mass is 32.1. The van der Waals surface area contributed by atoms with Gasteiger partial charge < -0.3 is 25.8 Å². The highest BCUT2D eigenvalue weighted by Crippen LogP contribution is 2.38. The molecule has 1 amide bonds.